The lowest BCUT2D eigenvalue weighted by molar-refractivity contribution is -0.0441. The number of hydrogen-bond donors (Lipinski definition) is 1. The largest absolute Gasteiger partial charge is 0.478 e. The van der Waals surface area contributed by atoms with E-state index in [2.05, 4.69) is 13.8 Å². The van der Waals surface area contributed by atoms with Crippen LogP contribution in [0.1, 0.15) is 41.0 Å². The number of carbonyl (C=O) groups excluding carboxylic acids is 1. The zero-order valence-corrected chi connectivity index (χ0v) is 13.5. The Kier molecular flexibility index (Phi) is 3.62. The van der Waals surface area contributed by atoms with Crippen LogP contribution in [0.3, 0.4) is 0 Å². The topological polar surface area (TPSA) is 82.1 Å². The quantitative estimate of drug-likeness (QED) is 0.854. The predicted octanol–water partition coefficient (Wildman–Crippen LogP) is 2.12. The Balaban J connectivity index is 1.60. The van der Waals surface area contributed by atoms with Crippen molar-refractivity contribution in [3.63, 3.8) is 0 Å². The predicted molar refractivity (Wildman–Crippen MR) is 82.9 cm³/mol. The average Bonchev–Trinajstić information content (AvgIpc) is 2.96. The molecule has 4 aliphatic heterocycles. The van der Waals surface area contributed by atoms with Gasteiger partial charge in [-0.1, -0.05) is 26.0 Å². The third-order valence-electron chi connectivity index (χ3n) is 5.51. The van der Waals surface area contributed by atoms with Crippen molar-refractivity contribution in [1.82, 2.24) is 0 Å². The van der Waals surface area contributed by atoms with Crippen molar-refractivity contribution in [3.8, 4) is 0 Å². The molecule has 4 aliphatic rings. The Morgan fingerprint density at radius 1 is 1.08 bits per heavy atom. The molecule has 4 saturated heterocycles. The molecule has 4 heterocycles. The first kappa shape index (κ1) is 15.6. The molecular weight excluding hydrogens is 312 g/mol. The minimum absolute atomic E-state index is 0.0571. The smallest absolute Gasteiger partial charge is 0.339 e. The summed E-state index contributed by atoms with van der Waals surface area (Å²) < 4.78 is 17.9. The molecule has 6 nitrogen and oxygen atoms in total. The lowest BCUT2D eigenvalue weighted by Gasteiger charge is -2.23. The van der Waals surface area contributed by atoms with Crippen LogP contribution in [-0.4, -0.2) is 47.6 Å². The highest BCUT2D eigenvalue weighted by Gasteiger charge is 2.60. The number of esters is 1. The second-order valence-electron chi connectivity index (χ2n) is 7.00. The number of rotatable bonds is 3. The SMILES string of the molecule is CC1C2CC(C)[C@@H]3O[C@H]1[C@H](O2)[C@H]3OC(=O)c1ccccc1C(=O)O. The molecule has 128 valence electrons. The summed E-state index contributed by atoms with van der Waals surface area (Å²) in [5.74, 6) is -1.29. The van der Waals surface area contributed by atoms with Gasteiger partial charge in [0.15, 0.2) is 6.10 Å². The van der Waals surface area contributed by atoms with Crippen molar-refractivity contribution in [3.05, 3.63) is 35.4 Å². The number of fused-ring (bicyclic) bond motifs is 1. The molecule has 4 fully saturated rings. The molecule has 24 heavy (non-hydrogen) atoms. The first-order chi connectivity index (χ1) is 11.5. The fourth-order valence-electron chi connectivity index (χ4n) is 4.22. The van der Waals surface area contributed by atoms with E-state index in [1.54, 1.807) is 12.1 Å². The minimum Gasteiger partial charge on any atom is -0.478 e. The van der Waals surface area contributed by atoms with Crippen LogP contribution in [0.15, 0.2) is 24.3 Å². The van der Waals surface area contributed by atoms with E-state index in [1.807, 2.05) is 0 Å². The summed E-state index contributed by atoms with van der Waals surface area (Å²) in [5.41, 5.74) is -0.00211. The van der Waals surface area contributed by atoms with Gasteiger partial charge in [0.2, 0.25) is 0 Å². The maximum atomic E-state index is 12.6. The van der Waals surface area contributed by atoms with Crippen molar-refractivity contribution < 1.29 is 28.9 Å². The molecule has 6 heteroatoms. The van der Waals surface area contributed by atoms with E-state index in [-0.39, 0.29) is 47.4 Å². The van der Waals surface area contributed by atoms with Crippen LogP contribution in [0.4, 0.5) is 0 Å². The Labute approximate surface area is 139 Å². The van der Waals surface area contributed by atoms with Crippen LogP contribution < -0.4 is 0 Å². The summed E-state index contributed by atoms with van der Waals surface area (Å²) in [7, 11) is 0. The van der Waals surface area contributed by atoms with Gasteiger partial charge in [0.25, 0.3) is 0 Å². The van der Waals surface area contributed by atoms with E-state index < -0.39 is 18.0 Å². The highest BCUT2D eigenvalue weighted by atomic mass is 16.6. The molecule has 0 spiro atoms. The number of carboxylic acid groups (broad SMARTS) is 1. The summed E-state index contributed by atoms with van der Waals surface area (Å²) >= 11 is 0. The molecule has 0 aliphatic carbocycles. The summed E-state index contributed by atoms with van der Waals surface area (Å²) in [6, 6.07) is 6.08. The fraction of sp³-hybridized carbons (Fsp3) is 0.556. The van der Waals surface area contributed by atoms with Crippen LogP contribution >= 0.6 is 0 Å². The molecule has 5 rings (SSSR count). The summed E-state index contributed by atoms with van der Waals surface area (Å²) in [6.45, 7) is 4.18. The molecule has 0 radical (unpaired) electrons. The van der Waals surface area contributed by atoms with E-state index in [0.717, 1.165) is 6.42 Å². The van der Waals surface area contributed by atoms with Gasteiger partial charge in [-0.3, -0.25) is 0 Å². The van der Waals surface area contributed by atoms with Crippen LogP contribution in [0, 0.1) is 11.8 Å². The number of aromatic carboxylic acids is 1. The third kappa shape index (κ3) is 2.24. The highest BCUT2D eigenvalue weighted by molar-refractivity contribution is 6.02. The van der Waals surface area contributed by atoms with Crippen LogP contribution in [0.2, 0.25) is 0 Å². The van der Waals surface area contributed by atoms with Crippen LogP contribution in [0.5, 0.6) is 0 Å². The van der Waals surface area contributed by atoms with Crippen molar-refractivity contribution >= 4 is 11.9 Å². The monoisotopic (exact) mass is 332 g/mol. The van der Waals surface area contributed by atoms with Gasteiger partial charge in [-0.25, -0.2) is 9.59 Å². The van der Waals surface area contributed by atoms with Gasteiger partial charge < -0.3 is 19.3 Å². The Morgan fingerprint density at radius 2 is 1.79 bits per heavy atom. The van der Waals surface area contributed by atoms with E-state index in [0.29, 0.717) is 0 Å². The molecule has 1 aromatic carbocycles. The average molecular weight is 332 g/mol. The normalized spacial score (nSPS) is 39.7. The minimum atomic E-state index is -1.15. The molecular formula is C18H20O6. The van der Waals surface area contributed by atoms with Gasteiger partial charge in [0.05, 0.1) is 23.3 Å². The van der Waals surface area contributed by atoms with Gasteiger partial charge in [-0.05, 0) is 24.5 Å². The molecule has 7 atom stereocenters. The molecule has 4 bridgehead atoms. The van der Waals surface area contributed by atoms with E-state index >= 15 is 0 Å². The summed E-state index contributed by atoms with van der Waals surface area (Å²) in [5, 5.41) is 9.25. The zero-order chi connectivity index (χ0) is 17.0. The number of hydrogen-bond acceptors (Lipinski definition) is 5. The second-order valence-corrected chi connectivity index (χ2v) is 7.00. The van der Waals surface area contributed by atoms with Gasteiger partial charge in [0, 0.05) is 5.92 Å². The van der Waals surface area contributed by atoms with E-state index in [9.17, 15) is 14.7 Å². The first-order valence-electron chi connectivity index (χ1n) is 8.31. The molecule has 1 N–H and O–H groups in total. The van der Waals surface area contributed by atoms with Crippen LogP contribution in [-0.2, 0) is 14.2 Å². The number of benzene rings is 1. The molecule has 3 unspecified atom stereocenters. The zero-order valence-electron chi connectivity index (χ0n) is 13.5. The highest BCUT2D eigenvalue weighted by Crippen LogP contribution is 2.48. The Morgan fingerprint density at radius 3 is 2.50 bits per heavy atom. The number of ether oxygens (including phenoxy) is 3. The van der Waals surface area contributed by atoms with E-state index in [4.69, 9.17) is 14.2 Å². The van der Waals surface area contributed by atoms with Gasteiger partial charge in [-0.2, -0.15) is 0 Å². The maximum Gasteiger partial charge on any atom is 0.339 e. The van der Waals surface area contributed by atoms with Gasteiger partial charge in [-0.15, -0.1) is 0 Å². The van der Waals surface area contributed by atoms with Gasteiger partial charge in [0.1, 0.15) is 12.2 Å². The molecule has 0 aromatic heterocycles. The first-order valence-corrected chi connectivity index (χ1v) is 8.31. The van der Waals surface area contributed by atoms with E-state index in [1.165, 1.54) is 12.1 Å². The summed E-state index contributed by atoms with van der Waals surface area (Å²) in [6.07, 6.45) is 0.0112. The maximum absolute atomic E-state index is 12.6. The van der Waals surface area contributed by atoms with Crippen molar-refractivity contribution in [1.29, 1.82) is 0 Å². The standard InChI is InChI=1S/C18H20O6/c1-8-7-12-9(2)14-16(22-12)15(13(8)23-14)24-18(21)11-6-4-3-5-10(11)17(19)20/h3-6,8-9,12-16H,7H2,1-2H3,(H,19,20)/t8?,9?,12?,13-,14+,15-,16-/m0/s1. The summed E-state index contributed by atoms with van der Waals surface area (Å²) in [4.78, 5) is 23.9. The Hall–Kier alpha value is -1.92. The lowest BCUT2D eigenvalue weighted by atomic mass is 9.86. The second kappa shape index (κ2) is 5.57. The number of carbonyl (C=O) groups is 2. The van der Waals surface area contributed by atoms with Gasteiger partial charge >= 0.3 is 11.9 Å². The number of carboxylic acids is 1. The van der Waals surface area contributed by atoms with Crippen molar-refractivity contribution in [2.75, 3.05) is 0 Å². The molecule has 0 amide bonds. The van der Waals surface area contributed by atoms with Crippen molar-refractivity contribution in [2.45, 2.75) is 50.8 Å². The van der Waals surface area contributed by atoms with Crippen LogP contribution in [0.25, 0.3) is 0 Å². The molecule has 0 saturated carbocycles. The third-order valence-corrected chi connectivity index (χ3v) is 5.51. The van der Waals surface area contributed by atoms with Crippen molar-refractivity contribution in [2.24, 2.45) is 11.8 Å². The fourth-order valence-corrected chi connectivity index (χ4v) is 4.22. The lowest BCUT2D eigenvalue weighted by Crippen LogP contribution is -2.38. The Bertz CT molecular complexity index is 684. The molecule has 1 aromatic rings.